The predicted molar refractivity (Wildman–Crippen MR) is 66.6 cm³/mol. The lowest BCUT2D eigenvalue weighted by Crippen LogP contribution is -2.21. The fourth-order valence-corrected chi connectivity index (χ4v) is 2.18. The second kappa shape index (κ2) is 3.43. The van der Waals surface area contributed by atoms with E-state index in [1.165, 1.54) is 12.1 Å². The van der Waals surface area contributed by atoms with Crippen LogP contribution < -0.4 is 5.73 Å². The fourth-order valence-electron chi connectivity index (χ4n) is 2.18. The number of carbonyl (C=O) groups is 2. The Balaban J connectivity index is 2.41. The van der Waals surface area contributed by atoms with Gasteiger partial charge in [-0.1, -0.05) is 24.3 Å². The molecule has 0 radical (unpaired) electrons. The predicted octanol–water partition coefficient (Wildman–Crippen LogP) is 2.02. The Morgan fingerprint density at radius 3 is 2.17 bits per heavy atom. The molecule has 3 rings (SSSR count). The van der Waals surface area contributed by atoms with Gasteiger partial charge >= 0.3 is 0 Å². The van der Waals surface area contributed by atoms with Crippen molar-refractivity contribution in [2.45, 2.75) is 0 Å². The molecule has 2 aromatic rings. The number of carbonyl (C=O) groups excluding carboxylic acids is 2. The lowest BCUT2D eigenvalue weighted by molar-refractivity contribution is 0.0815. The van der Waals surface area contributed by atoms with Crippen LogP contribution in [0.3, 0.4) is 0 Å². The quantitative estimate of drug-likeness (QED) is 0.418. The molecule has 0 saturated carbocycles. The molecular weight excluding hydrogens is 230 g/mol. The van der Waals surface area contributed by atoms with Gasteiger partial charge in [0.05, 0.1) is 5.69 Å². The van der Waals surface area contributed by atoms with E-state index in [0.29, 0.717) is 16.7 Å². The number of anilines is 1. The van der Waals surface area contributed by atoms with Gasteiger partial charge in [0.2, 0.25) is 11.6 Å². The molecule has 2 aromatic carbocycles. The molecule has 3 N–H and O–H groups in total. The Kier molecular flexibility index (Phi) is 2.01. The summed E-state index contributed by atoms with van der Waals surface area (Å²) in [5, 5.41) is 9.63. The summed E-state index contributed by atoms with van der Waals surface area (Å²) in [6, 6.07) is 9.60. The van der Waals surface area contributed by atoms with Crippen LogP contribution in [0.2, 0.25) is 0 Å². The molecular formula is C14H9NO3. The number of benzene rings is 2. The van der Waals surface area contributed by atoms with Crippen molar-refractivity contribution in [1.82, 2.24) is 0 Å². The normalized spacial score (nSPS) is 13.1. The van der Waals surface area contributed by atoms with Crippen LogP contribution in [0.1, 0.15) is 20.7 Å². The van der Waals surface area contributed by atoms with E-state index in [1.807, 2.05) is 0 Å². The molecule has 18 heavy (non-hydrogen) atoms. The highest BCUT2D eigenvalue weighted by Crippen LogP contribution is 2.37. The van der Waals surface area contributed by atoms with Gasteiger partial charge in [-0.25, -0.2) is 0 Å². The summed E-state index contributed by atoms with van der Waals surface area (Å²) < 4.78 is 0. The van der Waals surface area contributed by atoms with Crippen molar-refractivity contribution in [2.75, 3.05) is 5.73 Å². The van der Waals surface area contributed by atoms with Crippen molar-refractivity contribution in [3.8, 4) is 16.9 Å². The minimum absolute atomic E-state index is 0.0919. The number of Topliss-reactive ketones (excluding diaryl/α,β-unsaturated/α-hetero) is 2. The van der Waals surface area contributed by atoms with E-state index in [9.17, 15) is 14.7 Å². The van der Waals surface area contributed by atoms with Crippen LogP contribution >= 0.6 is 0 Å². The number of hydrogen-bond acceptors (Lipinski definition) is 4. The molecule has 4 heteroatoms. The molecule has 0 atom stereocenters. The molecule has 0 heterocycles. The first kappa shape index (κ1) is 10.5. The van der Waals surface area contributed by atoms with Crippen LogP contribution in [0.5, 0.6) is 5.75 Å². The molecule has 0 spiro atoms. The average molecular weight is 239 g/mol. The molecule has 0 fully saturated rings. The number of rotatable bonds is 0. The Morgan fingerprint density at radius 2 is 1.44 bits per heavy atom. The molecule has 1 aliphatic carbocycles. The summed E-state index contributed by atoms with van der Waals surface area (Å²) in [5.74, 6) is -1.22. The van der Waals surface area contributed by atoms with E-state index in [0.717, 1.165) is 0 Å². The van der Waals surface area contributed by atoms with Crippen LogP contribution in [-0.4, -0.2) is 16.7 Å². The monoisotopic (exact) mass is 239 g/mol. The molecule has 0 aliphatic heterocycles. The van der Waals surface area contributed by atoms with Crippen LogP contribution in [0.15, 0.2) is 36.4 Å². The number of fused-ring (bicyclic) bond motifs is 3. The van der Waals surface area contributed by atoms with Crippen molar-refractivity contribution in [1.29, 1.82) is 0 Å². The summed E-state index contributed by atoms with van der Waals surface area (Å²) in [6.07, 6.45) is 0. The third-order valence-electron chi connectivity index (χ3n) is 3.08. The Morgan fingerprint density at radius 1 is 0.833 bits per heavy atom. The number of nitrogens with two attached hydrogens (primary N) is 1. The highest BCUT2D eigenvalue weighted by atomic mass is 16.3. The van der Waals surface area contributed by atoms with E-state index >= 15 is 0 Å². The highest BCUT2D eigenvalue weighted by Gasteiger charge is 2.30. The molecule has 0 aromatic heterocycles. The van der Waals surface area contributed by atoms with E-state index < -0.39 is 11.6 Å². The first-order valence-corrected chi connectivity index (χ1v) is 5.40. The van der Waals surface area contributed by atoms with Crippen LogP contribution in [-0.2, 0) is 0 Å². The van der Waals surface area contributed by atoms with Crippen molar-refractivity contribution in [2.24, 2.45) is 0 Å². The summed E-state index contributed by atoms with van der Waals surface area (Å²) in [4.78, 5) is 23.9. The van der Waals surface area contributed by atoms with Gasteiger partial charge < -0.3 is 10.8 Å². The SMILES string of the molecule is Nc1cc2c(cc1O)-c1ccccc1C(=O)C2=O. The Labute approximate surface area is 103 Å². The van der Waals surface area contributed by atoms with E-state index in [1.54, 1.807) is 24.3 Å². The Hall–Kier alpha value is -2.62. The second-order valence-electron chi connectivity index (χ2n) is 4.16. The van der Waals surface area contributed by atoms with Gasteiger partial charge in [-0.2, -0.15) is 0 Å². The molecule has 1 aliphatic rings. The van der Waals surface area contributed by atoms with E-state index in [-0.39, 0.29) is 17.0 Å². The van der Waals surface area contributed by atoms with Crippen LogP contribution in [0.4, 0.5) is 5.69 Å². The summed E-state index contributed by atoms with van der Waals surface area (Å²) in [5.41, 5.74) is 7.44. The fraction of sp³-hybridized carbons (Fsp3) is 0. The van der Waals surface area contributed by atoms with Gasteiger partial charge in [0.1, 0.15) is 5.75 Å². The van der Waals surface area contributed by atoms with Crippen molar-refractivity contribution in [3.63, 3.8) is 0 Å². The van der Waals surface area contributed by atoms with Gasteiger partial charge in [0, 0.05) is 11.1 Å². The lowest BCUT2D eigenvalue weighted by atomic mass is 9.83. The van der Waals surface area contributed by atoms with Gasteiger partial charge in [0.25, 0.3) is 0 Å². The molecule has 4 nitrogen and oxygen atoms in total. The zero-order valence-electron chi connectivity index (χ0n) is 9.31. The van der Waals surface area contributed by atoms with Crippen LogP contribution in [0, 0.1) is 0 Å². The van der Waals surface area contributed by atoms with Crippen molar-refractivity contribution < 1.29 is 14.7 Å². The summed E-state index contributed by atoms with van der Waals surface area (Å²) in [6.45, 7) is 0. The maximum Gasteiger partial charge on any atom is 0.234 e. The number of phenolic OH excluding ortho intramolecular Hbond substituents is 1. The first-order chi connectivity index (χ1) is 8.59. The standard InChI is InChI=1S/C14H9NO3/c15-11-5-10-9(6-12(11)16)7-3-1-2-4-8(7)13(17)14(10)18/h1-6,16H,15H2. The summed E-state index contributed by atoms with van der Waals surface area (Å²) in [7, 11) is 0. The van der Waals surface area contributed by atoms with Gasteiger partial charge in [-0.05, 0) is 23.3 Å². The smallest absolute Gasteiger partial charge is 0.234 e. The lowest BCUT2D eigenvalue weighted by Gasteiger charge is -2.18. The van der Waals surface area contributed by atoms with E-state index in [4.69, 9.17) is 5.73 Å². The number of ketones is 2. The van der Waals surface area contributed by atoms with Gasteiger partial charge in [0.15, 0.2) is 0 Å². The first-order valence-electron chi connectivity index (χ1n) is 5.40. The maximum atomic E-state index is 12.0. The number of hydrogen-bond donors (Lipinski definition) is 2. The number of phenols is 1. The zero-order chi connectivity index (χ0) is 12.9. The minimum Gasteiger partial charge on any atom is -0.506 e. The zero-order valence-corrected chi connectivity index (χ0v) is 9.31. The van der Waals surface area contributed by atoms with E-state index in [2.05, 4.69) is 0 Å². The number of nitrogen functional groups attached to an aromatic ring is 1. The van der Waals surface area contributed by atoms with Crippen LogP contribution in [0.25, 0.3) is 11.1 Å². The average Bonchev–Trinajstić information content (AvgIpc) is 2.38. The van der Waals surface area contributed by atoms with Crippen molar-refractivity contribution >= 4 is 17.3 Å². The van der Waals surface area contributed by atoms with Gasteiger partial charge in [-0.15, -0.1) is 0 Å². The third kappa shape index (κ3) is 1.26. The third-order valence-corrected chi connectivity index (χ3v) is 3.08. The largest absolute Gasteiger partial charge is 0.506 e. The molecule has 88 valence electrons. The summed E-state index contributed by atoms with van der Waals surface area (Å²) >= 11 is 0. The maximum absolute atomic E-state index is 12.0. The second-order valence-corrected chi connectivity index (χ2v) is 4.16. The van der Waals surface area contributed by atoms with Gasteiger partial charge in [-0.3, -0.25) is 9.59 Å². The Bertz CT molecular complexity index is 704. The number of aromatic hydroxyl groups is 1. The molecule has 0 amide bonds. The highest BCUT2D eigenvalue weighted by molar-refractivity contribution is 6.53. The minimum atomic E-state index is -0.588. The topological polar surface area (TPSA) is 80.4 Å². The molecule has 0 saturated heterocycles. The molecule has 0 unspecified atom stereocenters. The van der Waals surface area contributed by atoms with Crippen molar-refractivity contribution in [3.05, 3.63) is 47.5 Å². The molecule has 0 bridgehead atoms.